The molecule has 30 heavy (non-hydrogen) atoms. The van der Waals surface area contributed by atoms with Gasteiger partial charge < -0.3 is 9.47 Å². The molecule has 1 aliphatic rings. The maximum Gasteiger partial charge on any atom is 0.265 e. The molecule has 0 spiro atoms. The number of ether oxygens (including phenoxy) is 2. The number of nitrogens with one attached hydrogen (secondary N) is 1. The molecule has 1 fully saturated rings. The molecule has 0 amide bonds. The highest BCUT2D eigenvalue weighted by Gasteiger charge is 2.27. The van der Waals surface area contributed by atoms with E-state index < -0.39 is 20.0 Å². The highest BCUT2D eigenvalue weighted by atomic mass is 32.2. The summed E-state index contributed by atoms with van der Waals surface area (Å²) in [6.45, 7) is 0.910. The predicted octanol–water partition coefficient (Wildman–Crippen LogP) is 3.07. The first-order chi connectivity index (χ1) is 14.3. The Morgan fingerprint density at radius 1 is 0.833 bits per heavy atom. The van der Waals surface area contributed by atoms with Crippen LogP contribution < -0.4 is 14.2 Å². The lowest BCUT2D eigenvalue weighted by atomic mass is 10.2. The Labute approximate surface area is 177 Å². The molecule has 1 heterocycles. The van der Waals surface area contributed by atoms with Gasteiger partial charge in [-0.2, -0.15) is 4.31 Å². The van der Waals surface area contributed by atoms with Crippen LogP contribution in [0.1, 0.15) is 25.7 Å². The molecule has 0 atom stereocenters. The monoisotopic (exact) mass is 454 g/mol. The second-order valence-corrected chi connectivity index (χ2v) is 10.5. The van der Waals surface area contributed by atoms with Gasteiger partial charge in [-0.25, -0.2) is 16.8 Å². The Hall–Kier alpha value is -2.30. The predicted molar refractivity (Wildman–Crippen MR) is 114 cm³/mol. The molecule has 1 saturated heterocycles. The third kappa shape index (κ3) is 4.71. The van der Waals surface area contributed by atoms with Gasteiger partial charge in [-0.05, 0) is 43.2 Å². The third-order valence-electron chi connectivity index (χ3n) is 4.98. The van der Waals surface area contributed by atoms with Crippen LogP contribution in [0.25, 0.3) is 0 Å². The molecule has 0 saturated carbocycles. The van der Waals surface area contributed by atoms with Crippen molar-refractivity contribution in [3.05, 3.63) is 42.5 Å². The van der Waals surface area contributed by atoms with E-state index in [1.165, 1.54) is 48.9 Å². The van der Waals surface area contributed by atoms with Gasteiger partial charge >= 0.3 is 0 Å². The van der Waals surface area contributed by atoms with Gasteiger partial charge in [-0.3, -0.25) is 4.72 Å². The lowest BCUT2D eigenvalue weighted by Gasteiger charge is -2.21. The van der Waals surface area contributed by atoms with E-state index in [9.17, 15) is 16.8 Å². The zero-order chi connectivity index (χ0) is 21.8. The normalized spacial score (nSPS) is 15.9. The van der Waals surface area contributed by atoms with Gasteiger partial charge in [0.15, 0.2) is 0 Å². The molecule has 10 heteroatoms. The van der Waals surface area contributed by atoms with Crippen LogP contribution in [0.15, 0.2) is 52.3 Å². The number of rotatable bonds is 7. The van der Waals surface area contributed by atoms with Gasteiger partial charge in [-0.1, -0.05) is 25.0 Å². The van der Waals surface area contributed by atoms with E-state index in [1.807, 2.05) is 0 Å². The number of methoxy groups -OCH3 is 2. The van der Waals surface area contributed by atoms with Crippen molar-refractivity contribution < 1.29 is 26.3 Å². The van der Waals surface area contributed by atoms with Crippen molar-refractivity contribution in [2.45, 2.75) is 35.5 Å². The fourth-order valence-electron chi connectivity index (χ4n) is 3.40. The van der Waals surface area contributed by atoms with E-state index in [2.05, 4.69) is 4.72 Å². The summed E-state index contributed by atoms with van der Waals surface area (Å²) >= 11 is 0. The summed E-state index contributed by atoms with van der Waals surface area (Å²) in [4.78, 5) is -0.0433. The second kappa shape index (κ2) is 9.23. The minimum atomic E-state index is -4.05. The minimum Gasteiger partial charge on any atom is -0.495 e. The van der Waals surface area contributed by atoms with Gasteiger partial charge in [0, 0.05) is 13.1 Å². The van der Waals surface area contributed by atoms with Crippen molar-refractivity contribution in [2.75, 3.05) is 32.0 Å². The Morgan fingerprint density at radius 3 is 2.10 bits per heavy atom. The van der Waals surface area contributed by atoms with Crippen LogP contribution in [0.3, 0.4) is 0 Å². The van der Waals surface area contributed by atoms with Crippen molar-refractivity contribution in [3.63, 3.8) is 0 Å². The average molecular weight is 455 g/mol. The Balaban J connectivity index is 1.99. The molecular weight excluding hydrogens is 428 g/mol. The first-order valence-electron chi connectivity index (χ1n) is 9.63. The summed E-state index contributed by atoms with van der Waals surface area (Å²) < 4.78 is 66.4. The first-order valence-corrected chi connectivity index (χ1v) is 12.6. The SMILES string of the molecule is COc1ccc(S(=O)(=O)N2CCCCCC2)cc1NS(=O)(=O)c1ccccc1OC. The molecule has 0 aromatic heterocycles. The van der Waals surface area contributed by atoms with E-state index in [4.69, 9.17) is 9.47 Å². The molecule has 0 aliphatic carbocycles. The molecule has 0 radical (unpaired) electrons. The van der Waals surface area contributed by atoms with E-state index in [-0.39, 0.29) is 27.0 Å². The smallest absolute Gasteiger partial charge is 0.265 e. The zero-order valence-electron chi connectivity index (χ0n) is 17.0. The summed E-state index contributed by atoms with van der Waals surface area (Å²) in [7, 11) is -5.03. The molecule has 0 unspecified atom stereocenters. The Bertz CT molecular complexity index is 1090. The number of nitrogens with zero attached hydrogens (tertiary/aromatic N) is 1. The first kappa shape index (κ1) is 22.4. The molecule has 0 bridgehead atoms. The summed E-state index contributed by atoms with van der Waals surface area (Å²) in [6.07, 6.45) is 3.61. The number of hydrogen-bond donors (Lipinski definition) is 1. The summed E-state index contributed by atoms with van der Waals surface area (Å²) in [6, 6.07) is 10.4. The lowest BCUT2D eigenvalue weighted by molar-refractivity contribution is 0.403. The highest BCUT2D eigenvalue weighted by Crippen LogP contribution is 2.33. The standard InChI is InChI=1S/C20H26N2O6S2/c1-27-18-12-11-16(30(25,26)22-13-7-3-4-8-14-22)15-17(18)21-29(23,24)20-10-6-5-9-19(20)28-2/h5-6,9-12,15,21H,3-4,7-8,13-14H2,1-2H3. The van der Waals surface area contributed by atoms with Crippen molar-refractivity contribution in [1.29, 1.82) is 0 Å². The van der Waals surface area contributed by atoms with Crippen molar-refractivity contribution >= 4 is 25.7 Å². The largest absolute Gasteiger partial charge is 0.495 e. The summed E-state index contributed by atoms with van der Waals surface area (Å²) in [5.74, 6) is 0.389. The fourth-order valence-corrected chi connectivity index (χ4v) is 6.18. The van der Waals surface area contributed by atoms with Crippen LogP contribution in [0, 0.1) is 0 Å². The third-order valence-corrected chi connectivity index (χ3v) is 8.28. The average Bonchev–Trinajstić information content (AvgIpc) is 3.03. The van der Waals surface area contributed by atoms with Crippen molar-refractivity contribution in [2.24, 2.45) is 0 Å². The molecule has 3 rings (SSSR count). The molecule has 1 aliphatic heterocycles. The van der Waals surface area contributed by atoms with Gasteiger partial charge in [0.05, 0.1) is 24.8 Å². The molecule has 2 aromatic carbocycles. The molecule has 2 aromatic rings. The van der Waals surface area contributed by atoms with Gasteiger partial charge in [0.1, 0.15) is 16.4 Å². The van der Waals surface area contributed by atoms with Crippen molar-refractivity contribution in [1.82, 2.24) is 4.31 Å². The number of para-hydroxylation sites is 1. The van der Waals surface area contributed by atoms with E-state index in [1.54, 1.807) is 12.1 Å². The number of anilines is 1. The molecule has 164 valence electrons. The molecule has 1 N–H and O–H groups in total. The van der Waals surface area contributed by atoms with Crippen LogP contribution in [-0.4, -0.2) is 48.4 Å². The fraction of sp³-hybridized carbons (Fsp3) is 0.400. The van der Waals surface area contributed by atoms with E-state index in [0.29, 0.717) is 13.1 Å². The zero-order valence-corrected chi connectivity index (χ0v) is 18.6. The van der Waals surface area contributed by atoms with E-state index in [0.717, 1.165) is 25.7 Å². The van der Waals surface area contributed by atoms with Crippen LogP contribution in [0.5, 0.6) is 11.5 Å². The molecule has 8 nitrogen and oxygen atoms in total. The Kier molecular flexibility index (Phi) is 6.89. The van der Waals surface area contributed by atoms with Crippen molar-refractivity contribution in [3.8, 4) is 11.5 Å². The molecular formula is C20H26N2O6S2. The quantitative estimate of drug-likeness (QED) is 0.690. The summed E-state index contributed by atoms with van der Waals surface area (Å²) in [5, 5.41) is 0. The lowest BCUT2D eigenvalue weighted by Crippen LogP contribution is -2.32. The highest BCUT2D eigenvalue weighted by molar-refractivity contribution is 7.92. The second-order valence-electron chi connectivity index (χ2n) is 6.94. The van der Waals surface area contributed by atoms with Crippen LogP contribution in [-0.2, 0) is 20.0 Å². The topological polar surface area (TPSA) is 102 Å². The van der Waals surface area contributed by atoms with Crippen LogP contribution in [0.4, 0.5) is 5.69 Å². The van der Waals surface area contributed by atoms with Crippen LogP contribution >= 0.6 is 0 Å². The Morgan fingerprint density at radius 2 is 1.47 bits per heavy atom. The maximum absolute atomic E-state index is 13.1. The minimum absolute atomic E-state index is 0.0166. The number of benzene rings is 2. The number of hydrogen-bond acceptors (Lipinski definition) is 6. The van der Waals surface area contributed by atoms with Crippen LogP contribution in [0.2, 0.25) is 0 Å². The maximum atomic E-state index is 13.1. The number of sulfonamides is 2. The van der Waals surface area contributed by atoms with Gasteiger partial charge in [0.25, 0.3) is 10.0 Å². The van der Waals surface area contributed by atoms with Gasteiger partial charge in [0.2, 0.25) is 10.0 Å². The van der Waals surface area contributed by atoms with E-state index >= 15 is 0 Å². The van der Waals surface area contributed by atoms with Gasteiger partial charge in [-0.15, -0.1) is 0 Å². The summed E-state index contributed by atoms with van der Waals surface area (Å²) in [5.41, 5.74) is 0.0410.